The third-order valence-electron chi connectivity index (χ3n) is 2.94. The van der Waals surface area contributed by atoms with E-state index in [1.807, 2.05) is 4.68 Å². The molecule has 0 unspecified atom stereocenters. The average molecular weight is 209 g/mol. The fourth-order valence-corrected chi connectivity index (χ4v) is 1.76. The van der Waals surface area contributed by atoms with Gasteiger partial charge in [0.2, 0.25) is 0 Å². The second-order valence-corrected chi connectivity index (χ2v) is 3.98. The van der Waals surface area contributed by atoms with Crippen LogP contribution in [-0.2, 0) is 11.2 Å². The number of rotatable bonds is 4. The summed E-state index contributed by atoms with van der Waals surface area (Å²) in [6.07, 6.45) is 5.76. The van der Waals surface area contributed by atoms with Crippen LogP contribution in [0.2, 0.25) is 0 Å². The van der Waals surface area contributed by atoms with Crippen molar-refractivity contribution >= 4 is 11.8 Å². The van der Waals surface area contributed by atoms with Gasteiger partial charge in [0, 0.05) is 12.0 Å². The fraction of sp³-hybridized carbons (Fsp3) is 0.600. The van der Waals surface area contributed by atoms with Gasteiger partial charge < -0.3 is 10.8 Å². The molecule has 0 amide bonds. The Bertz CT molecular complexity index is 369. The van der Waals surface area contributed by atoms with Gasteiger partial charge in [-0.2, -0.15) is 5.10 Å². The van der Waals surface area contributed by atoms with E-state index in [-0.39, 0.29) is 6.42 Å². The van der Waals surface area contributed by atoms with Crippen LogP contribution in [0.5, 0.6) is 0 Å². The lowest BCUT2D eigenvalue weighted by Gasteiger charge is -2.26. The Labute approximate surface area is 87.9 Å². The molecule has 5 nitrogen and oxygen atoms in total. The van der Waals surface area contributed by atoms with Gasteiger partial charge in [-0.3, -0.25) is 4.79 Å². The predicted molar refractivity (Wildman–Crippen MR) is 55.5 cm³/mol. The van der Waals surface area contributed by atoms with Gasteiger partial charge >= 0.3 is 5.97 Å². The summed E-state index contributed by atoms with van der Waals surface area (Å²) >= 11 is 0. The van der Waals surface area contributed by atoms with Gasteiger partial charge in [0.15, 0.2) is 0 Å². The van der Waals surface area contributed by atoms with Crippen LogP contribution in [0.3, 0.4) is 0 Å². The maximum Gasteiger partial charge on any atom is 0.303 e. The van der Waals surface area contributed by atoms with Crippen molar-refractivity contribution in [3.8, 4) is 0 Å². The van der Waals surface area contributed by atoms with Crippen LogP contribution in [0.4, 0.5) is 5.82 Å². The molecule has 1 aliphatic rings. The number of nitrogens with two attached hydrogens (primary N) is 1. The van der Waals surface area contributed by atoms with Gasteiger partial charge in [-0.1, -0.05) is 0 Å². The van der Waals surface area contributed by atoms with Crippen LogP contribution >= 0.6 is 0 Å². The van der Waals surface area contributed by atoms with Crippen molar-refractivity contribution in [3.05, 3.63) is 11.8 Å². The number of aryl methyl sites for hydroxylation is 1. The van der Waals surface area contributed by atoms with E-state index < -0.39 is 5.97 Å². The minimum atomic E-state index is -0.800. The Balaban J connectivity index is 2.05. The number of nitrogen functional groups attached to an aromatic ring is 1. The van der Waals surface area contributed by atoms with Crippen LogP contribution in [-0.4, -0.2) is 20.9 Å². The summed E-state index contributed by atoms with van der Waals surface area (Å²) in [5.74, 6) is -0.160. The van der Waals surface area contributed by atoms with Crippen molar-refractivity contribution in [2.75, 3.05) is 5.73 Å². The summed E-state index contributed by atoms with van der Waals surface area (Å²) in [6.45, 7) is 0. The predicted octanol–water partition coefficient (Wildman–Crippen LogP) is 1.21. The highest BCUT2D eigenvalue weighted by Crippen LogP contribution is 2.33. The summed E-state index contributed by atoms with van der Waals surface area (Å²) in [5.41, 5.74) is 6.76. The number of hydrogen-bond acceptors (Lipinski definition) is 3. The Hall–Kier alpha value is -1.52. The van der Waals surface area contributed by atoms with Crippen LogP contribution in [0.1, 0.15) is 37.3 Å². The lowest BCUT2D eigenvalue weighted by atomic mass is 9.93. The van der Waals surface area contributed by atoms with Gasteiger partial charge in [-0.05, 0) is 25.7 Å². The van der Waals surface area contributed by atoms with Crippen molar-refractivity contribution in [2.24, 2.45) is 0 Å². The first kappa shape index (κ1) is 10.0. The second kappa shape index (κ2) is 3.92. The van der Waals surface area contributed by atoms with Crippen molar-refractivity contribution in [3.63, 3.8) is 0 Å². The van der Waals surface area contributed by atoms with E-state index in [0.717, 1.165) is 18.4 Å². The molecule has 0 aromatic carbocycles. The summed E-state index contributed by atoms with van der Waals surface area (Å²) in [4.78, 5) is 10.4. The zero-order chi connectivity index (χ0) is 10.8. The fourth-order valence-electron chi connectivity index (χ4n) is 1.76. The third-order valence-corrected chi connectivity index (χ3v) is 2.94. The number of aromatic nitrogens is 2. The molecular formula is C10H15N3O2. The van der Waals surface area contributed by atoms with Crippen LogP contribution in [0.15, 0.2) is 6.20 Å². The maximum atomic E-state index is 10.4. The topological polar surface area (TPSA) is 81.1 Å². The van der Waals surface area contributed by atoms with E-state index in [9.17, 15) is 4.79 Å². The number of nitrogens with zero attached hydrogens (tertiary/aromatic N) is 2. The van der Waals surface area contributed by atoms with E-state index in [4.69, 9.17) is 10.8 Å². The Morgan fingerprint density at radius 2 is 2.40 bits per heavy atom. The molecular weight excluding hydrogens is 194 g/mol. The molecule has 0 atom stereocenters. The van der Waals surface area contributed by atoms with Crippen LogP contribution in [0.25, 0.3) is 0 Å². The van der Waals surface area contributed by atoms with E-state index in [2.05, 4.69) is 5.10 Å². The maximum absolute atomic E-state index is 10.4. The summed E-state index contributed by atoms with van der Waals surface area (Å²) in [5, 5.41) is 12.8. The van der Waals surface area contributed by atoms with Crippen LogP contribution < -0.4 is 5.73 Å². The van der Waals surface area contributed by atoms with Gasteiger partial charge in [-0.25, -0.2) is 4.68 Å². The molecule has 0 spiro atoms. The zero-order valence-corrected chi connectivity index (χ0v) is 8.52. The number of carbonyl (C=O) groups is 1. The van der Waals surface area contributed by atoms with Crippen molar-refractivity contribution in [2.45, 2.75) is 38.1 Å². The molecule has 1 fully saturated rings. The monoisotopic (exact) mass is 209 g/mol. The van der Waals surface area contributed by atoms with E-state index in [0.29, 0.717) is 18.3 Å². The number of aliphatic carboxylic acids is 1. The first-order valence-corrected chi connectivity index (χ1v) is 5.22. The molecule has 0 bridgehead atoms. The first-order valence-electron chi connectivity index (χ1n) is 5.22. The summed E-state index contributed by atoms with van der Waals surface area (Å²) in [7, 11) is 0. The molecule has 2 rings (SSSR count). The highest BCUT2D eigenvalue weighted by molar-refractivity contribution is 5.67. The molecule has 15 heavy (non-hydrogen) atoms. The van der Waals surface area contributed by atoms with Crippen molar-refractivity contribution in [1.82, 2.24) is 9.78 Å². The minimum Gasteiger partial charge on any atom is -0.481 e. The quantitative estimate of drug-likeness (QED) is 0.780. The normalized spacial score (nSPS) is 16.3. The van der Waals surface area contributed by atoms with Crippen molar-refractivity contribution in [1.29, 1.82) is 0 Å². The highest BCUT2D eigenvalue weighted by Gasteiger charge is 2.22. The molecule has 1 aromatic heterocycles. The molecule has 1 aliphatic carbocycles. The Morgan fingerprint density at radius 3 is 2.93 bits per heavy atom. The Morgan fingerprint density at radius 1 is 1.67 bits per heavy atom. The number of carboxylic acids is 1. The molecule has 3 N–H and O–H groups in total. The van der Waals surface area contributed by atoms with Gasteiger partial charge in [0.1, 0.15) is 5.82 Å². The molecule has 0 radical (unpaired) electrons. The molecule has 5 heteroatoms. The smallest absolute Gasteiger partial charge is 0.303 e. The van der Waals surface area contributed by atoms with E-state index >= 15 is 0 Å². The molecule has 0 saturated heterocycles. The average Bonchev–Trinajstić information content (AvgIpc) is 2.43. The third kappa shape index (κ3) is 1.95. The zero-order valence-electron chi connectivity index (χ0n) is 8.52. The highest BCUT2D eigenvalue weighted by atomic mass is 16.4. The van der Waals surface area contributed by atoms with Crippen molar-refractivity contribution < 1.29 is 9.90 Å². The minimum absolute atomic E-state index is 0.112. The number of carboxylic acid groups (broad SMARTS) is 1. The van der Waals surface area contributed by atoms with E-state index in [1.165, 1.54) is 6.42 Å². The number of anilines is 1. The molecule has 1 aromatic rings. The SMILES string of the molecule is Nc1c(CCC(=O)O)cnn1C1CCC1. The van der Waals surface area contributed by atoms with Crippen LogP contribution in [0, 0.1) is 0 Å². The first-order chi connectivity index (χ1) is 7.18. The van der Waals surface area contributed by atoms with E-state index in [1.54, 1.807) is 6.20 Å². The molecule has 1 saturated carbocycles. The standard InChI is InChI=1S/C10H15N3O2/c11-10-7(4-5-9(14)15)6-12-13(10)8-2-1-3-8/h6,8H,1-5,11H2,(H,14,15). The second-order valence-electron chi connectivity index (χ2n) is 3.98. The number of hydrogen-bond donors (Lipinski definition) is 2. The van der Waals surface area contributed by atoms with Gasteiger partial charge in [0.25, 0.3) is 0 Å². The van der Waals surface area contributed by atoms with Gasteiger partial charge in [0.05, 0.1) is 12.2 Å². The summed E-state index contributed by atoms with van der Waals surface area (Å²) < 4.78 is 1.83. The lowest BCUT2D eigenvalue weighted by Crippen LogP contribution is -2.20. The lowest BCUT2D eigenvalue weighted by molar-refractivity contribution is -0.136. The van der Waals surface area contributed by atoms with Gasteiger partial charge in [-0.15, -0.1) is 0 Å². The molecule has 0 aliphatic heterocycles. The Kier molecular flexibility index (Phi) is 2.62. The molecule has 82 valence electrons. The molecule has 1 heterocycles. The summed E-state index contributed by atoms with van der Waals surface area (Å²) in [6, 6.07) is 0.434. The largest absolute Gasteiger partial charge is 0.481 e.